The first-order valence-electron chi connectivity index (χ1n) is 8.92. The molecule has 0 radical (unpaired) electrons. The van der Waals surface area contributed by atoms with Gasteiger partial charge in [0.1, 0.15) is 5.75 Å². The van der Waals surface area contributed by atoms with Crippen LogP contribution in [0.25, 0.3) is 17.0 Å². The minimum atomic E-state index is -4.76. The van der Waals surface area contributed by atoms with Gasteiger partial charge >= 0.3 is 6.36 Å². The molecule has 6 nitrogen and oxygen atoms in total. The number of halogens is 3. The molecule has 0 bridgehead atoms. The Morgan fingerprint density at radius 2 is 1.70 bits per heavy atom. The summed E-state index contributed by atoms with van der Waals surface area (Å²) >= 11 is 0. The van der Waals surface area contributed by atoms with Crippen molar-refractivity contribution in [2.24, 2.45) is 0 Å². The van der Waals surface area contributed by atoms with Crippen LogP contribution in [-0.2, 0) is 6.54 Å². The van der Waals surface area contributed by atoms with Crippen molar-refractivity contribution >= 4 is 11.6 Å². The summed E-state index contributed by atoms with van der Waals surface area (Å²) in [6.07, 6.45) is -3.17. The molecule has 1 amide bonds. The lowest BCUT2D eigenvalue weighted by atomic mass is 10.2. The van der Waals surface area contributed by atoms with Crippen LogP contribution in [0.4, 0.5) is 13.2 Å². The highest BCUT2D eigenvalue weighted by Gasteiger charge is 2.31. The van der Waals surface area contributed by atoms with Gasteiger partial charge in [0.15, 0.2) is 11.5 Å². The molecule has 0 aliphatic heterocycles. The molecule has 0 saturated carbocycles. The van der Waals surface area contributed by atoms with E-state index in [1.807, 2.05) is 30.3 Å². The monoisotopic (exact) mass is 412 g/mol. The third-order valence-electron chi connectivity index (χ3n) is 4.31. The van der Waals surface area contributed by atoms with Gasteiger partial charge in [-0.15, -0.1) is 23.4 Å². The first kappa shape index (κ1) is 19.4. The average molecular weight is 412 g/mol. The normalized spacial score (nSPS) is 11.4. The van der Waals surface area contributed by atoms with Gasteiger partial charge in [0.2, 0.25) is 0 Å². The van der Waals surface area contributed by atoms with Crippen molar-refractivity contribution in [3.8, 4) is 17.1 Å². The van der Waals surface area contributed by atoms with Crippen molar-refractivity contribution in [3.05, 3.63) is 84.1 Å². The molecule has 0 aliphatic carbocycles. The molecule has 2 aromatic heterocycles. The van der Waals surface area contributed by atoms with Crippen LogP contribution in [0.5, 0.6) is 5.75 Å². The van der Waals surface area contributed by atoms with Gasteiger partial charge in [0.05, 0.1) is 5.56 Å². The molecule has 0 spiro atoms. The minimum Gasteiger partial charge on any atom is -0.406 e. The SMILES string of the molecule is O=C(NCc1ccccc1)c1ccc2nnc(-c3ccc(OC(F)(F)F)cc3)n2c1. The van der Waals surface area contributed by atoms with Gasteiger partial charge in [0, 0.05) is 18.3 Å². The second-order valence-corrected chi connectivity index (χ2v) is 6.41. The highest BCUT2D eigenvalue weighted by molar-refractivity contribution is 5.94. The number of alkyl halides is 3. The summed E-state index contributed by atoms with van der Waals surface area (Å²) in [5.41, 5.74) is 2.40. The lowest BCUT2D eigenvalue weighted by molar-refractivity contribution is -0.274. The molecule has 0 unspecified atom stereocenters. The molecule has 1 N–H and O–H groups in total. The maximum Gasteiger partial charge on any atom is 0.573 e. The molecule has 9 heteroatoms. The summed E-state index contributed by atoms with van der Waals surface area (Å²) in [5.74, 6) is -0.211. The van der Waals surface area contributed by atoms with Gasteiger partial charge in [-0.25, -0.2) is 0 Å². The van der Waals surface area contributed by atoms with E-state index in [2.05, 4.69) is 20.3 Å². The Labute approximate surface area is 168 Å². The van der Waals surface area contributed by atoms with E-state index in [0.717, 1.165) is 5.56 Å². The largest absolute Gasteiger partial charge is 0.573 e. The molecular formula is C21H15F3N4O2. The highest BCUT2D eigenvalue weighted by Crippen LogP contribution is 2.26. The Kier molecular flexibility index (Phi) is 5.09. The zero-order valence-corrected chi connectivity index (χ0v) is 15.4. The number of ether oxygens (including phenoxy) is 1. The second-order valence-electron chi connectivity index (χ2n) is 6.41. The van der Waals surface area contributed by atoms with E-state index >= 15 is 0 Å². The van der Waals surface area contributed by atoms with Crippen LogP contribution in [-0.4, -0.2) is 26.9 Å². The number of carbonyl (C=O) groups excluding carboxylic acids is 1. The van der Waals surface area contributed by atoms with Crippen LogP contribution in [0.3, 0.4) is 0 Å². The van der Waals surface area contributed by atoms with Crippen LogP contribution in [0.1, 0.15) is 15.9 Å². The fraction of sp³-hybridized carbons (Fsp3) is 0.0952. The summed E-state index contributed by atoms with van der Waals surface area (Å²) in [6.45, 7) is 0.382. The Bertz CT molecular complexity index is 1170. The molecule has 0 saturated heterocycles. The number of rotatable bonds is 5. The smallest absolute Gasteiger partial charge is 0.406 e. The van der Waals surface area contributed by atoms with Gasteiger partial charge in [-0.2, -0.15) is 0 Å². The molecule has 2 heterocycles. The van der Waals surface area contributed by atoms with E-state index in [-0.39, 0.29) is 11.7 Å². The maximum absolute atomic E-state index is 12.5. The van der Waals surface area contributed by atoms with Crippen molar-refractivity contribution < 1.29 is 22.7 Å². The van der Waals surface area contributed by atoms with Crippen molar-refractivity contribution in [1.29, 1.82) is 0 Å². The van der Waals surface area contributed by atoms with Crippen molar-refractivity contribution in [2.75, 3.05) is 0 Å². The van der Waals surface area contributed by atoms with E-state index in [0.29, 0.717) is 29.1 Å². The number of fused-ring (bicyclic) bond motifs is 1. The molecule has 152 valence electrons. The second kappa shape index (κ2) is 7.86. The van der Waals surface area contributed by atoms with Gasteiger partial charge in [-0.3, -0.25) is 9.20 Å². The first-order chi connectivity index (χ1) is 14.4. The van der Waals surface area contributed by atoms with Crippen molar-refractivity contribution in [1.82, 2.24) is 19.9 Å². The third-order valence-corrected chi connectivity index (χ3v) is 4.31. The lowest BCUT2D eigenvalue weighted by Crippen LogP contribution is -2.23. The Hall–Kier alpha value is -3.88. The van der Waals surface area contributed by atoms with Gasteiger partial charge in [-0.1, -0.05) is 30.3 Å². The van der Waals surface area contributed by atoms with E-state index in [4.69, 9.17) is 0 Å². The molecular weight excluding hydrogens is 397 g/mol. The Morgan fingerprint density at radius 3 is 2.40 bits per heavy atom. The molecule has 30 heavy (non-hydrogen) atoms. The zero-order chi connectivity index (χ0) is 21.1. The van der Waals surface area contributed by atoms with Crippen LogP contribution < -0.4 is 10.1 Å². The number of hydrogen-bond acceptors (Lipinski definition) is 4. The number of carbonyl (C=O) groups is 1. The maximum atomic E-state index is 12.5. The number of nitrogens with one attached hydrogen (secondary N) is 1. The lowest BCUT2D eigenvalue weighted by Gasteiger charge is -2.09. The van der Waals surface area contributed by atoms with Crippen LogP contribution in [0, 0.1) is 0 Å². The number of benzene rings is 2. The van der Waals surface area contributed by atoms with E-state index in [1.54, 1.807) is 22.7 Å². The third kappa shape index (κ3) is 4.40. The average Bonchev–Trinajstić information content (AvgIpc) is 3.15. The highest BCUT2D eigenvalue weighted by atomic mass is 19.4. The number of hydrogen-bond donors (Lipinski definition) is 1. The van der Waals surface area contributed by atoms with E-state index < -0.39 is 6.36 Å². The predicted octanol–water partition coefficient (Wildman–Crippen LogP) is 4.22. The minimum absolute atomic E-state index is 0.269. The van der Waals surface area contributed by atoms with E-state index in [9.17, 15) is 18.0 Å². The fourth-order valence-electron chi connectivity index (χ4n) is 2.91. The van der Waals surface area contributed by atoms with Gasteiger partial charge in [0.25, 0.3) is 5.91 Å². The molecule has 2 aromatic carbocycles. The van der Waals surface area contributed by atoms with Gasteiger partial charge in [-0.05, 0) is 42.0 Å². The number of nitrogens with zero attached hydrogens (tertiary/aromatic N) is 3. The summed E-state index contributed by atoms with van der Waals surface area (Å²) in [7, 11) is 0. The quantitative estimate of drug-likeness (QED) is 0.533. The first-order valence-corrected chi connectivity index (χ1v) is 8.92. The Balaban J connectivity index is 1.56. The number of pyridine rings is 1. The number of aromatic nitrogens is 3. The van der Waals surface area contributed by atoms with Crippen LogP contribution in [0.15, 0.2) is 72.9 Å². The zero-order valence-electron chi connectivity index (χ0n) is 15.4. The van der Waals surface area contributed by atoms with Crippen LogP contribution in [0.2, 0.25) is 0 Å². The molecule has 0 fully saturated rings. The summed E-state index contributed by atoms with van der Waals surface area (Å²) in [5, 5.41) is 11.0. The molecule has 4 rings (SSSR count). The van der Waals surface area contributed by atoms with E-state index in [1.165, 1.54) is 24.3 Å². The summed E-state index contributed by atoms with van der Waals surface area (Å²) in [6, 6.07) is 18.1. The fourth-order valence-corrected chi connectivity index (χ4v) is 2.91. The van der Waals surface area contributed by atoms with Crippen molar-refractivity contribution in [3.63, 3.8) is 0 Å². The summed E-state index contributed by atoms with van der Waals surface area (Å²) < 4.78 is 42.5. The Morgan fingerprint density at radius 1 is 0.967 bits per heavy atom. The van der Waals surface area contributed by atoms with Crippen LogP contribution >= 0.6 is 0 Å². The standard InChI is InChI=1S/C21H15F3N4O2/c22-21(23,24)30-17-9-6-15(7-10-17)19-27-26-18-11-8-16(13-28(18)19)20(29)25-12-14-4-2-1-3-5-14/h1-11,13H,12H2,(H,25,29). The number of amides is 1. The van der Waals surface area contributed by atoms with Crippen molar-refractivity contribution in [2.45, 2.75) is 12.9 Å². The molecule has 4 aromatic rings. The molecule has 0 atom stereocenters. The van der Waals surface area contributed by atoms with Gasteiger partial charge < -0.3 is 10.1 Å². The summed E-state index contributed by atoms with van der Waals surface area (Å²) in [4.78, 5) is 12.5. The predicted molar refractivity (Wildman–Crippen MR) is 103 cm³/mol. The topological polar surface area (TPSA) is 68.5 Å². The molecule has 0 aliphatic rings.